The number of thiocarbonyl (C=S) groups is 1. The van der Waals surface area contributed by atoms with Crippen molar-refractivity contribution in [1.29, 1.82) is 0 Å². The molecule has 0 fully saturated rings. The number of hydrogen-bond acceptors (Lipinski definition) is 1. The molecule has 0 atom stereocenters. The molecule has 2 nitrogen and oxygen atoms in total. The van der Waals surface area contributed by atoms with E-state index < -0.39 is 0 Å². The van der Waals surface area contributed by atoms with Crippen molar-refractivity contribution in [1.82, 2.24) is 5.32 Å². The van der Waals surface area contributed by atoms with Gasteiger partial charge in [0, 0.05) is 17.3 Å². The number of rotatable bonds is 12. The van der Waals surface area contributed by atoms with Crippen LogP contribution in [0.2, 0.25) is 5.02 Å². The number of aryl methyl sites for hydroxylation is 1. The second-order valence-corrected chi connectivity index (χ2v) is 7.34. The summed E-state index contributed by atoms with van der Waals surface area (Å²) < 4.78 is 0. The largest absolute Gasteiger partial charge is 0.362 e. The Labute approximate surface area is 158 Å². The molecule has 1 rings (SSSR count). The van der Waals surface area contributed by atoms with Gasteiger partial charge in [-0.05, 0) is 43.3 Å². The molecule has 0 unspecified atom stereocenters. The van der Waals surface area contributed by atoms with E-state index in [-0.39, 0.29) is 0 Å². The predicted molar refractivity (Wildman–Crippen MR) is 112 cm³/mol. The molecule has 136 valence electrons. The fourth-order valence-corrected chi connectivity index (χ4v) is 3.06. The van der Waals surface area contributed by atoms with Crippen LogP contribution in [0.15, 0.2) is 18.2 Å². The zero-order chi connectivity index (χ0) is 17.6. The van der Waals surface area contributed by atoms with E-state index in [9.17, 15) is 0 Å². The Kier molecular flexibility index (Phi) is 11.9. The van der Waals surface area contributed by atoms with Gasteiger partial charge in [-0.2, -0.15) is 0 Å². The highest BCUT2D eigenvalue weighted by atomic mass is 35.5. The Morgan fingerprint density at radius 2 is 1.54 bits per heavy atom. The molecule has 4 heteroatoms. The minimum atomic E-state index is 0.672. The van der Waals surface area contributed by atoms with Gasteiger partial charge in [-0.15, -0.1) is 0 Å². The van der Waals surface area contributed by atoms with Crippen LogP contribution in [0.25, 0.3) is 0 Å². The van der Waals surface area contributed by atoms with E-state index >= 15 is 0 Å². The molecular weight excluding hydrogens is 336 g/mol. The Hall–Kier alpha value is -0.800. The lowest BCUT2D eigenvalue weighted by Gasteiger charge is -2.11. The van der Waals surface area contributed by atoms with E-state index in [4.69, 9.17) is 23.8 Å². The van der Waals surface area contributed by atoms with E-state index in [0.717, 1.165) is 22.8 Å². The minimum Gasteiger partial charge on any atom is -0.362 e. The third-order valence-electron chi connectivity index (χ3n) is 4.25. The first kappa shape index (κ1) is 21.2. The van der Waals surface area contributed by atoms with Gasteiger partial charge in [-0.25, -0.2) is 0 Å². The Bertz CT molecular complexity index is 477. The number of nitrogens with one attached hydrogen (secondary N) is 2. The smallest absolute Gasteiger partial charge is 0.170 e. The zero-order valence-electron chi connectivity index (χ0n) is 15.3. The average Bonchev–Trinajstić information content (AvgIpc) is 2.56. The molecule has 0 saturated carbocycles. The van der Waals surface area contributed by atoms with Gasteiger partial charge in [-0.1, -0.05) is 82.4 Å². The molecular formula is C20H33ClN2S. The zero-order valence-corrected chi connectivity index (χ0v) is 16.9. The summed E-state index contributed by atoms with van der Waals surface area (Å²) in [5, 5.41) is 7.88. The van der Waals surface area contributed by atoms with Crippen molar-refractivity contribution in [3.8, 4) is 0 Å². The van der Waals surface area contributed by atoms with Crippen LogP contribution in [0.3, 0.4) is 0 Å². The summed E-state index contributed by atoms with van der Waals surface area (Å²) in [6.07, 6.45) is 13.5. The fraction of sp³-hybridized carbons (Fsp3) is 0.650. The maximum atomic E-state index is 6.12. The molecule has 1 aromatic carbocycles. The third kappa shape index (κ3) is 10.1. The van der Waals surface area contributed by atoms with Crippen molar-refractivity contribution in [2.24, 2.45) is 0 Å². The summed E-state index contributed by atoms with van der Waals surface area (Å²) in [7, 11) is 0. The predicted octanol–water partition coefficient (Wildman–Crippen LogP) is 6.86. The molecule has 0 aliphatic heterocycles. The number of halogens is 1. The molecule has 1 aromatic rings. The molecule has 0 aliphatic rings. The highest BCUT2D eigenvalue weighted by molar-refractivity contribution is 7.80. The summed E-state index contributed by atoms with van der Waals surface area (Å²) in [6.45, 7) is 5.20. The number of anilines is 1. The average molecular weight is 369 g/mol. The fourth-order valence-electron chi connectivity index (χ4n) is 2.66. The molecule has 0 saturated heterocycles. The van der Waals surface area contributed by atoms with Gasteiger partial charge in [0.15, 0.2) is 5.11 Å². The summed E-state index contributed by atoms with van der Waals surface area (Å²) in [6, 6.07) is 5.90. The van der Waals surface area contributed by atoms with Crippen molar-refractivity contribution in [2.45, 2.75) is 78.1 Å². The van der Waals surface area contributed by atoms with E-state index in [1.807, 2.05) is 25.1 Å². The second-order valence-electron chi connectivity index (χ2n) is 6.53. The van der Waals surface area contributed by atoms with Gasteiger partial charge in [-0.3, -0.25) is 0 Å². The number of unbranched alkanes of at least 4 members (excludes halogenated alkanes) is 9. The summed E-state index contributed by atoms with van der Waals surface area (Å²) in [4.78, 5) is 0. The summed E-state index contributed by atoms with van der Waals surface area (Å²) in [5.74, 6) is 0. The maximum absolute atomic E-state index is 6.12. The van der Waals surface area contributed by atoms with Crippen molar-refractivity contribution in [3.63, 3.8) is 0 Å². The Morgan fingerprint density at radius 1 is 0.958 bits per heavy atom. The minimum absolute atomic E-state index is 0.672. The van der Waals surface area contributed by atoms with Crippen LogP contribution in [0.4, 0.5) is 5.69 Å². The van der Waals surface area contributed by atoms with Gasteiger partial charge >= 0.3 is 0 Å². The van der Waals surface area contributed by atoms with Crippen LogP contribution in [-0.4, -0.2) is 11.7 Å². The lowest BCUT2D eigenvalue weighted by Crippen LogP contribution is -2.29. The van der Waals surface area contributed by atoms with E-state index in [0.29, 0.717) is 5.11 Å². The molecule has 0 spiro atoms. The highest BCUT2D eigenvalue weighted by Crippen LogP contribution is 2.19. The topological polar surface area (TPSA) is 24.1 Å². The maximum Gasteiger partial charge on any atom is 0.170 e. The van der Waals surface area contributed by atoms with Gasteiger partial charge < -0.3 is 10.6 Å². The first-order valence-corrected chi connectivity index (χ1v) is 10.2. The number of benzene rings is 1. The van der Waals surface area contributed by atoms with Crippen LogP contribution in [0.1, 0.15) is 76.7 Å². The first-order chi connectivity index (χ1) is 11.6. The lowest BCUT2D eigenvalue weighted by molar-refractivity contribution is 0.555. The van der Waals surface area contributed by atoms with Crippen LogP contribution in [-0.2, 0) is 0 Å². The molecule has 2 N–H and O–H groups in total. The quantitative estimate of drug-likeness (QED) is 0.311. The lowest BCUT2D eigenvalue weighted by atomic mass is 10.1. The monoisotopic (exact) mass is 368 g/mol. The Balaban J connectivity index is 1.97. The molecule has 0 aliphatic carbocycles. The Morgan fingerprint density at radius 3 is 2.12 bits per heavy atom. The molecule has 0 amide bonds. The number of hydrogen-bond donors (Lipinski definition) is 2. The molecule has 24 heavy (non-hydrogen) atoms. The van der Waals surface area contributed by atoms with Gasteiger partial charge in [0.05, 0.1) is 0 Å². The normalized spacial score (nSPS) is 10.6. The van der Waals surface area contributed by atoms with Crippen molar-refractivity contribution in [2.75, 3.05) is 11.9 Å². The van der Waals surface area contributed by atoms with Crippen LogP contribution < -0.4 is 10.6 Å². The molecule has 0 bridgehead atoms. The van der Waals surface area contributed by atoms with Gasteiger partial charge in [0.25, 0.3) is 0 Å². The van der Waals surface area contributed by atoms with Crippen LogP contribution in [0, 0.1) is 6.92 Å². The van der Waals surface area contributed by atoms with Crippen molar-refractivity contribution < 1.29 is 0 Å². The molecule has 0 heterocycles. The SMILES string of the molecule is CCCCCCCCCCCCNC(=S)Nc1ccc(C)c(Cl)c1. The summed E-state index contributed by atoms with van der Waals surface area (Å²) >= 11 is 11.4. The van der Waals surface area contributed by atoms with Crippen molar-refractivity contribution >= 4 is 34.6 Å². The van der Waals surface area contributed by atoms with E-state index in [1.165, 1.54) is 64.2 Å². The van der Waals surface area contributed by atoms with E-state index in [2.05, 4.69) is 17.6 Å². The highest BCUT2D eigenvalue weighted by Gasteiger charge is 2.00. The summed E-state index contributed by atoms with van der Waals surface area (Å²) in [5.41, 5.74) is 2.01. The third-order valence-corrected chi connectivity index (χ3v) is 4.90. The van der Waals surface area contributed by atoms with E-state index in [1.54, 1.807) is 0 Å². The second kappa shape index (κ2) is 13.5. The van der Waals surface area contributed by atoms with Gasteiger partial charge in [0.1, 0.15) is 0 Å². The van der Waals surface area contributed by atoms with Crippen molar-refractivity contribution in [3.05, 3.63) is 28.8 Å². The molecule has 0 aromatic heterocycles. The first-order valence-electron chi connectivity index (χ1n) is 9.44. The standard InChI is InChI=1S/C20H33ClN2S/c1-3-4-5-6-7-8-9-10-11-12-15-22-20(24)23-18-14-13-17(2)19(21)16-18/h13-14,16H,3-12,15H2,1-2H3,(H2,22,23,24). The van der Waals surface area contributed by atoms with Gasteiger partial charge in [0.2, 0.25) is 0 Å². The molecule has 0 radical (unpaired) electrons. The van der Waals surface area contributed by atoms with Crippen LogP contribution in [0.5, 0.6) is 0 Å². The van der Waals surface area contributed by atoms with Crippen LogP contribution >= 0.6 is 23.8 Å².